The van der Waals surface area contributed by atoms with E-state index in [1.807, 2.05) is 20.1 Å². The third-order valence-corrected chi connectivity index (χ3v) is 3.92. The lowest BCUT2D eigenvalue weighted by atomic mass is 10.2. The molecule has 0 saturated carbocycles. The van der Waals surface area contributed by atoms with Crippen molar-refractivity contribution >= 4 is 35.1 Å². The van der Waals surface area contributed by atoms with Gasteiger partial charge < -0.3 is 15.7 Å². The lowest BCUT2D eigenvalue weighted by Gasteiger charge is -2.22. The van der Waals surface area contributed by atoms with E-state index in [1.54, 1.807) is 18.0 Å². The Hall–Kier alpha value is -0.720. The predicted molar refractivity (Wildman–Crippen MR) is 78.7 cm³/mol. The van der Waals surface area contributed by atoms with E-state index in [0.717, 1.165) is 6.54 Å². The molecule has 5 nitrogen and oxygen atoms in total. The van der Waals surface area contributed by atoms with Crippen LogP contribution in [0.5, 0.6) is 0 Å². The molecule has 0 aliphatic heterocycles. The smallest absolute Gasteiger partial charge is 0.224 e. The molecule has 7 heteroatoms. The molecule has 18 heavy (non-hydrogen) atoms. The van der Waals surface area contributed by atoms with Crippen LogP contribution in [0.1, 0.15) is 13.8 Å². The number of hydrogen-bond donors (Lipinski definition) is 3. The fourth-order valence-corrected chi connectivity index (χ4v) is 2.23. The quantitative estimate of drug-likeness (QED) is 0.714. The number of rotatable bonds is 7. The summed E-state index contributed by atoms with van der Waals surface area (Å²) in [6.07, 6.45) is 3.53. The van der Waals surface area contributed by atoms with Crippen LogP contribution in [0.2, 0.25) is 5.02 Å². The molecule has 0 saturated heterocycles. The minimum absolute atomic E-state index is 0.0619. The SMILES string of the molecule is CCNc1ncc(Cl)c(NC(C)C(CO)SC)n1. The van der Waals surface area contributed by atoms with Gasteiger partial charge in [-0.3, -0.25) is 0 Å². The number of halogens is 1. The molecule has 0 amide bonds. The van der Waals surface area contributed by atoms with Crippen molar-refractivity contribution in [3.05, 3.63) is 11.2 Å². The highest BCUT2D eigenvalue weighted by molar-refractivity contribution is 7.99. The van der Waals surface area contributed by atoms with Crippen molar-refractivity contribution in [2.75, 3.05) is 30.0 Å². The molecule has 1 rings (SSSR count). The average Bonchev–Trinajstić information content (AvgIpc) is 2.35. The van der Waals surface area contributed by atoms with E-state index in [0.29, 0.717) is 16.8 Å². The molecule has 3 N–H and O–H groups in total. The molecule has 102 valence electrons. The van der Waals surface area contributed by atoms with E-state index < -0.39 is 0 Å². The van der Waals surface area contributed by atoms with Crippen LogP contribution in [0.25, 0.3) is 0 Å². The molecule has 0 aliphatic carbocycles. The number of nitrogens with one attached hydrogen (secondary N) is 2. The maximum atomic E-state index is 9.24. The first-order valence-corrected chi connectivity index (χ1v) is 7.45. The van der Waals surface area contributed by atoms with Gasteiger partial charge in [0.05, 0.1) is 12.8 Å². The average molecular weight is 291 g/mol. The first kappa shape index (κ1) is 15.3. The Bertz CT molecular complexity index is 376. The van der Waals surface area contributed by atoms with E-state index in [-0.39, 0.29) is 17.9 Å². The summed E-state index contributed by atoms with van der Waals surface area (Å²) < 4.78 is 0. The Labute approximate surface area is 117 Å². The largest absolute Gasteiger partial charge is 0.395 e. The second kappa shape index (κ2) is 7.66. The second-order valence-corrected chi connectivity index (χ2v) is 5.29. The summed E-state index contributed by atoms with van der Waals surface area (Å²) in [4.78, 5) is 8.37. The molecule has 2 atom stereocenters. The normalized spacial score (nSPS) is 14.1. The van der Waals surface area contributed by atoms with E-state index in [2.05, 4.69) is 20.6 Å². The van der Waals surface area contributed by atoms with Crippen molar-refractivity contribution in [1.82, 2.24) is 9.97 Å². The molecule has 1 heterocycles. The van der Waals surface area contributed by atoms with Crippen molar-refractivity contribution in [2.24, 2.45) is 0 Å². The van der Waals surface area contributed by atoms with Crippen molar-refractivity contribution in [1.29, 1.82) is 0 Å². The van der Waals surface area contributed by atoms with E-state index >= 15 is 0 Å². The number of hydrogen-bond acceptors (Lipinski definition) is 6. The Morgan fingerprint density at radius 3 is 2.83 bits per heavy atom. The van der Waals surface area contributed by atoms with Crippen molar-refractivity contribution < 1.29 is 5.11 Å². The Balaban J connectivity index is 2.79. The van der Waals surface area contributed by atoms with Gasteiger partial charge in [0.25, 0.3) is 0 Å². The number of thioether (sulfide) groups is 1. The molecule has 0 aromatic carbocycles. The summed E-state index contributed by atoms with van der Waals surface area (Å²) in [5.41, 5.74) is 0. The number of nitrogens with zero attached hydrogens (tertiary/aromatic N) is 2. The number of aliphatic hydroxyl groups is 1. The first-order valence-electron chi connectivity index (χ1n) is 5.79. The molecule has 0 radical (unpaired) electrons. The van der Waals surface area contributed by atoms with Gasteiger partial charge in [0.15, 0.2) is 5.82 Å². The zero-order valence-electron chi connectivity index (χ0n) is 10.8. The standard InChI is InChI=1S/C11H19ClN4OS/c1-4-13-11-14-5-8(12)10(16-11)15-7(2)9(6-17)18-3/h5,7,9,17H,4,6H2,1-3H3,(H2,13,14,15,16). The third kappa shape index (κ3) is 4.19. The molecule has 1 aromatic heterocycles. The number of aromatic nitrogens is 2. The third-order valence-electron chi connectivity index (χ3n) is 2.48. The summed E-state index contributed by atoms with van der Waals surface area (Å²) in [5, 5.41) is 16.1. The van der Waals surface area contributed by atoms with Gasteiger partial charge in [-0.25, -0.2) is 4.98 Å². The lowest BCUT2D eigenvalue weighted by molar-refractivity contribution is 0.288. The molecular formula is C11H19ClN4OS. The summed E-state index contributed by atoms with van der Waals surface area (Å²) in [7, 11) is 0. The van der Waals surface area contributed by atoms with Crippen molar-refractivity contribution in [3.8, 4) is 0 Å². The van der Waals surface area contributed by atoms with Crippen LogP contribution in [0.15, 0.2) is 6.20 Å². The second-order valence-electron chi connectivity index (χ2n) is 3.81. The van der Waals surface area contributed by atoms with E-state index in [9.17, 15) is 5.11 Å². The topological polar surface area (TPSA) is 70.1 Å². The summed E-state index contributed by atoms with van der Waals surface area (Å²) in [5.74, 6) is 1.13. The van der Waals surface area contributed by atoms with Crippen LogP contribution in [0, 0.1) is 0 Å². The fraction of sp³-hybridized carbons (Fsp3) is 0.636. The number of anilines is 2. The minimum Gasteiger partial charge on any atom is -0.395 e. The van der Waals surface area contributed by atoms with Gasteiger partial charge in [-0.2, -0.15) is 16.7 Å². The minimum atomic E-state index is 0.0619. The maximum absolute atomic E-state index is 9.24. The van der Waals surface area contributed by atoms with Crippen molar-refractivity contribution in [2.45, 2.75) is 25.1 Å². The monoisotopic (exact) mass is 290 g/mol. The fourth-order valence-electron chi connectivity index (χ4n) is 1.46. The van der Waals surface area contributed by atoms with Crippen LogP contribution in [-0.2, 0) is 0 Å². The summed E-state index contributed by atoms with van der Waals surface area (Å²) >= 11 is 7.65. The molecular weight excluding hydrogens is 272 g/mol. The van der Waals surface area contributed by atoms with Crippen LogP contribution in [0.3, 0.4) is 0 Å². The highest BCUT2D eigenvalue weighted by atomic mass is 35.5. The van der Waals surface area contributed by atoms with Crippen LogP contribution >= 0.6 is 23.4 Å². The molecule has 0 spiro atoms. The van der Waals surface area contributed by atoms with Crippen LogP contribution in [-0.4, -0.2) is 45.8 Å². The van der Waals surface area contributed by atoms with Gasteiger partial charge in [-0.05, 0) is 20.1 Å². The highest BCUT2D eigenvalue weighted by Crippen LogP contribution is 2.22. The van der Waals surface area contributed by atoms with Gasteiger partial charge in [-0.1, -0.05) is 11.6 Å². The van der Waals surface area contributed by atoms with Crippen LogP contribution in [0.4, 0.5) is 11.8 Å². The first-order chi connectivity index (χ1) is 8.62. The van der Waals surface area contributed by atoms with Crippen LogP contribution < -0.4 is 10.6 Å². The summed E-state index contributed by atoms with van der Waals surface area (Å²) in [6.45, 7) is 4.82. The maximum Gasteiger partial charge on any atom is 0.224 e. The molecule has 0 bridgehead atoms. The van der Waals surface area contributed by atoms with E-state index in [1.165, 1.54) is 0 Å². The van der Waals surface area contributed by atoms with E-state index in [4.69, 9.17) is 11.6 Å². The molecule has 1 aromatic rings. The van der Waals surface area contributed by atoms with Gasteiger partial charge in [0, 0.05) is 17.8 Å². The Kier molecular flexibility index (Phi) is 6.52. The number of aliphatic hydroxyl groups excluding tert-OH is 1. The zero-order chi connectivity index (χ0) is 13.5. The predicted octanol–water partition coefficient (Wildman–Crippen LogP) is 2.09. The van der Waals surface area contributed by atoms with Gasteiger partial charge in [-0.15, -0.1) is 0 Å². The van der Waals surface area contributed by atoms with Gasteiger partial charge in [0.2, 0.25) is 5.95 Å². The van der Waals surface area contributed by atoms with Crippen molar-refractivity contribution in [3.63, 3.8) is 0 Å². The molecule has 0 aliphatic rings. The Morgan fingerprint density at radius 2 is 2.28 bits per heavy atom. The zero-order valence-corrected chi connectivity index (χ0v) is 12.3. The van der Waals surface area contributed by atoms with Gasteiger partial charge in [0.1, 0.15) is 5.02 Å². The van der Waals surface area contributed by atoms with Gasteiger partial charge >= 0.3 is 0 Å². The molecule has 2 unspecified atom stereocenters. The lowest BCUT2D eigenvalue weighted by Crippen LogP contribution is -2.31. The Morgan fingerprint density at radius 1 is 1.56 bits per heavy atom. The molecule has 0 fully saturated rings. The highest BCUT2D eigenvalue weighted by Gasteiger charge is 2.17. The summed E-state index contributed by atoms with van der Waals surface area (Å²) in [6, 6.07) is 0.0619.